The molecule has 2 aromatic carbocycles. The van der Waals surface area contributed by atoms with Crippen LogP contribution in [0.25, 0.3) is 22.3 Å². The zero-order chi connectivity index (χ0) is 11.1. The third-order valence-corrected chi connectivity index (χ3v) is 2.71. The van der Waals surface area contributed by atoms with Crippen LogP contribution < -0.4 is 4.74 Å². The monoisotopic (exact) mass is 212 g/mol. The molecule has 0 heterocycles. The van der Waals surface area contributed by atoms with Crippen LogP contribution in [0.5, 0.6) is 5.75 Å². The normalized spacial score (nSPS) is 11.0. The summed E-state index contributed by atoms with van der Waals surface area (Å²) in [6.45, 7) is 0. The second-order valence-corrected chi connectivity index (χ2v) is 3.59. The highest BCUT2D eigenvalue weighted by molar-refractivity contribution is 6.05. The van der Waals surface area contributed by atoms with Crippen molar-refractivity contribution in [3.63, 3.8) is 0 Å². The first-order chi connectivity index (χ1) is 7.77. The Balaban J connectivity index is 2.14. The molecule has 0 radical (unpaired) electrons. The third-order valence-electron chi connectivity index (χ3n) is 2.71. The van der Waals surface area contributed by atoms with Gasteiger partial charge in [0, 0.05) is 5.56 Å². The van der Waals surface area contributed by atoms with Crippen molar-refractivity contribution in [1.29, 1.82) is 0 Å². The van der Waals surface area contributed by atoms with E-state index in [2.05, 4.69) is 0 Å². The minimum atomic E-state index is -1.28. The highest BCUT2D eigenvalue weighted by Gasteiger charge is 2.26. The molecular weight excluding hydrogens is 204 g/mol. The van der Waals surface area contributed by atoms with Gasteiger partial charge in [-0.25, -0.2) is 4.79 Å². The summed E-state index contributed by atoms with van der Waals surface area (Å²) in [5, 5.41) is 8.63. The van der Waals surface area contributed by atoms with Crippen LogP contribution in [0.2, 0.25) is 0 Å². The highest BCUT2D eigenvalue weighted by atomic mass is 16.7. The van der Waals surface area contributed by atoms with Crippen LogP contribution in [0, 0.1) is 0 Å². The summed E-state index contributed by atoms with van der Waals surface area (Å²) in [6, 6.07) is 13.3. The van der Waals surface area contributed by atoms with Crippen LogP contribution >= 0.6 is 0 Å². The molecule has 2 aromatic rings. The Bertz CT molecular complexity index is 587. The molecule has 0 spiro atoms. The van der Waals surface area contributed by atoms with Gasteiger partial charge in [0.2, 0.25) is 0 Å². The molecule has 0 aromatic heterocycles. The summed E-state index contributed by atoms with van der Waals surface area (Å²) < 4.78 is 4.75. The van der Waals surface area contributed by atoms with Crippen molar-refractivity contribution in [1.82, 2.24) is 0 Å². The fourth-order valence-electron chi connectivity index (χ4n) is 2.09. The highest BCUT2D eigenvalue weighted by Crippen LogP contribution is 2.51. The number of hydrogen-bond donors (Lipinski definition) is 1. The summed E-state index contributed by atoms with van der Waals surface area (Å²) in [5.74, 6) is 0.406. The molecule has 0 unspecified atom stereocenters. The van der Waals surface area contributed by atoms with Gasteiger partial charge in [0.15, 0.2) is 0 Å². The molecule has 0 bridgehead atoms. The first kappa shape index (κ1) is 8.97. The smallest absolute Gasteiger partial charge is 0.449 e. The van der Waals surface area contributed by atoms with E-state index < -0.39 is 6.16 Å². The lowest BCUT2D eigenvalue weighted by molar-refractivity contribution is 0.144. The third kappa shape index (κ3) is 1.11. The number of rotatable bonds is 1. The summed E-state index contributed by atoms with van der Waals surface area (Å²) in [6.07, 6.45) is -1.28. The van der Waals surface area contributed by atoms with Gasteiger partial charge >= 0.3 is 6.16 Å². The summed E-state index contributed by atoms with van der Waals surface area (Å²) in [5.41, 5.74) is 4.14. The van der Waals surface area contributed by atoms with Crippen molar-refractivity contribution in [2.45, 2.75) is 0 Å². The summed E-state index contributed by atoms with van der Waals surface area (Å²) in [7, 11) is 0. The first-order valence-corrected chi connectivity index (χ1v) is 4.91. The van der Waals surface area contributed by atoms with Gasteiger partial charge in [0.25, 0.3) is 0 Å². The van der Waals surface area contributed by atoms with Crippen molar-refractivity contribution < 1.29 is 14.6 Å². The van der Waals surface area contributed by atoms with Gasteiger partial charge in [-0.2, -0.15) is 0 Å². The number of fused-ring (bicyclic) bond motifs is 4. The number of carboxylic acid groups (broad SMARTS) is 1. The predicted octanol–water partition coefficient (Wildman–Crippen LogP) is 3.39. The molecule has 0 atom stereocenters. The summed E-state index contributed by atoms with van der Waals surface area (Å²) in [4.78, 5) is 10.5. The second kappa shape index (κ2) is 3.10. The van der Waals surface area contributed by atoms with E-state index >= 15 is 0 Å². The Kier molecular flexibility index (Phi) is 1.74. The molecule has 0 fully saturated rings. The van der Waals surface area contributed by atoms with Gasteiger partial charge in [0.05, 0.1) is 0 Å². The van der Waals surface area contributed by atoms with E-state index in [0.29, 0.717) is 5.75 Å². The maximum absolute atomic E-state index is 10.5. The minimum Gasteiger partial charge on any atom is -0.449 e. The van der Waals surface area contributed by atoms with Crippen molar-refractivity contribution in [3.05, 3.63) is 42.5 Å². The molecule has 1 N–H and O–H groups in total. The van der Waals surface area contributed by atoms with Crippen molar-refractivity contribution in [3.8, 4) is 28.0 Å². The molecule has 0 saturated heterocycles. The molecule has 0 saturated carbocycles. The van der Waals surface area contributed by atoms with Crippen molar-refractivity contribution in [2.75, 3.05) is 0 Å². The maximum Gasteiger partial charge on any atom is 0.511 e. The Labute approximate surface area is 91.9 Å². The van der Waals surface area contributed by atoms with E-state index in [1.165, 1.54) is 0 Å². The van der Waals surface area contributed by atoms with E-state index in [9.17, 15) is 4.79 Å². The fraction of sp³-hybridized carbons (Fsp3) is 0. The molecule has 1 aliphatic carbocycles. The molecule has 3 heteroatoms. The quantitative estimate of drug-likeness (QED) is 0.496. The molecule has 0 amide bonds. The Morgan fingerprint density at radius 2 is 1.62 bits per heavy atom. The Morgan fingerprint density at radius 1 is 0.938 bits per heavy atom. The Hall–Kier alpha value is -2.29. The van der Waals surface area contributed by atoms with E-state index in [1.54, 1.807) is 12.1 Å². The zero-order valence-corrected chi connectivity index (χ0v) is 8.31. The van der Waals surface area contributed by atoms with E-state index in [-0.39, 0.29) is 0 Å². The Morgan fingerprint density at radius 3 is 2.38 bits per heavy atom. The van der Waals surface area contributed by atoms with Gasteiger partial charge in [0.1, 0.15) is 5.75 Å². The first-order valence-electron chi connectivity index (χ1n) is 4.91. The average molecular weight is 212 g/mol. The van der Waals surface area contributed by atoms with Crippen molar-refractivity contribution >= 4 is 6.16 Å². The van der Waals surface area contributed by atoms with Gasteiger partial charge in [-0.05, 0) is 22.8 Å². The fourth-order valence-corrected chi connectivity index (χ4v) is 2.09. The van der Waals surface area contributed by atoms with Crippen LogP contribution in [-0.2, 0) is 0 Å². The van der Waals surface area contributed by atoms with E-state index in [1.807, 2.05) is 30.3 Å². The molecule has 78 valence electrons. The molecule has 0 aliphatic heterocycles. The standard InChI is InChI=1S/C13H8O3/c14-13(15)16-11-7-3-6-10-8-4-1-2-5-9(8)12(10)11/h1-7H,(H,14,15). The van der Waals surface area contributed by atoms with Crippen LogP contribution in [0.15, 0.2) is 42.5 Å². The van der Waals surface area contributed by atoms with E-state index in [0.717, 1.165) is 22.3 Å². The number of hydrogen-bond acceptors (Lipinski definition) is 2. The van der Waals surface area contributed by atoms with Crippen LogP contribution in [0.4, 0.5) is 4.79 Å². The van der Waals surface area contributed by atoms with Crippen LogP contribution in [-0.4, -0.2) is 11.3 Å². The maximum atomic E-state index is 10.5. The summed E-state index contributed by atoms with van der Waals surface area (Å²) >= 11 is 0. The number of ether oxygens (including phenoxy) is 1. The van der Waals surface area contributed by atoms with E-state index in [4.69, 9.17) is 9.84 Å². The molecular formula is C13H8O3. The lowest BCUT2D eigenvalue weighted by atomic mass is 9.80. The van der Waals surface area contributed by atoms with Gasteiger partial charge in [-0.3, -0.25) is 0 Å². The lowest BCUT2D eigenvalue weighted by Crippen LogP contribution is -2.07. The number of carbonyl (C=O) groups is 1. The van der Waals surface area contributed by atoms with Crippen LogP contribution in [0.1, 0.15) is 0 Å². The molecule has 3 nitrogen and oxygen atoms in total. The van der Waals surface area contributed by atoms with Gasteiger partial charge in [-0.15, -0.1) is 0 Å². The minimum absolute atomic E-state index is 0.406. The lowest BCUT2D eigenvalue weighted by Gasteiger charge is -2.25. The SMILES string of the molecule is O=C(O)Oc1cccc2c1-c1ccccc1-2. The molecule has 16 heavy (non-hydrogen) atoms. The predicted molar refractivity (Wildman–Crippen MR) is 59.5 cm³/mol. The molecule has 1 aliphatic rings. The van der Waals surface area contributed by atoms with Crippen LogP contribution in [0.3, 0.4) is 0 Å². The second-order valence-electron chi connectivity index (χ2n) is 3.59. The largest absolute Gasteiger partial charge is 0.511 e. The topological polar surface area (TPSA) is 46.5 Å². The number of benzene rings is 2. The average Bonchev–Trinajstić information content (AvgIpc) is 2.24. The van der Waals surface area contributed by atoms with Gasteiger partial charge < -0.3 is 9.84 Å². The van der Waals surface area contributed by atoms with Gasteiger partial charge in [-0.1, -0.05) is 36.4 Å². The van der Waals surface area contributed by atoms with Crippen molar-refractivity contribution in [2.24, 2.45) is 0 Å². The zero-order valence-electron chi connectivity index (χ0n) is 8.31. The molecule has 3 rings (SSSR count).